The van der Waals surface area contributed by atoms with E-state index in [-0.39, 0.29) is 0 Å². The molecule has 2 aromatic heterocycles. The van der Waals surface area contributed by atoms with E-state index in [0.29, 0.717) is 5.69 Å². The van der Waals surface area contributed by atoms with Crippen LogP contribution in [0, 0.1) is 0 Å². The lowest BCUT2D eigenvalue weighted by molar-refractivity contribution is 0.617. The Labute approximate surface area is 241 Å². The van der Waals surface area contributed by atoms with Crippen LogP contribution < -0.4 is 5.73 Å². The van der Waals surface area contributed by atoms with Crippen LogP contribution in [-0.2, 0) is 11.8 Å². The zero-order valence-electron chi connectivity index (χ0n) is 22.4. The molecule has 2 N–H and O–H groups in total. The number of nitrogens with two attached hydrogens (primary N) is 1. The van der Waals surface area contributed by atoms with E-state index in [1.807, 2.05) is 11.8 Å². The van der Waals surface area contributed by atoms with E-state index < -0.39 is 5.41 Å². The molecular weight excluding hydrogens is 522 g/mol. The van der Waals surface area contributed by atoms with Crippen LogP contribution >= 0.6 is 11.8 Å². The zero-order valence-corrected chi connectivity index (χ0v) is 23.2. The number of fused-ring (bicyclic) bond motifs is 12. The summed E-state index contributed by atoms with van der Waals surface area (Å²) in [5.41, 5.74) is 18.3. The third-order valence-corrected chi connectivity index (χ3v) is 10.0. The van der Waals surface area contributed by atoms with Crippen molar-refractivity contribution in [1.82, 2.24) is 9.55 Å². The van der Waals surface area contributed by atoms with Crippen LogP contribution in [0.2, 0.25) is 0 Å². The minimum atomic E-state index is -0.500. The van der Waals surface area contributed by atoms with Gasteiger partial charge in [-0.05, 0) is 75.8 Å². The number of anilines is 1. The molecule has 5 aromatic carbocycles. The Hall–Kier alpha value is -4.74. The molecule has 0 radical (unpaired) electrons. The number of imidazole rings is 1. The number of hydrogen-bond donors (Lipinski definition) is 1. The van der Waals surface area contributed by atoms with Crippen LogP contribution in [0.1, 0.15) is 35.0 Å². The fourth-order valence-electron chi connectivity index (χ4n) is 7.27. The molecule has 1 aliphatic heterocycles. The number of aryl methyl sites for hydroxylation is 1. The summed E-state index contributed by atoms with van der Waals surface area (Å²) in [4.78, 5) is 7.53. The van der Waals surface area contributed by atoms with E-state index >= 15 is 0 Å². The lowest BCUT2D eigenvalue weighted by atomic mass is 9.67. The highest BCUT2D eigenvalue weighted by atomic mass is 32.2. The smallest absolute Gasteiger partial charge is 0.136 e. The van der Waals surface area contributed by atoms with Crippen LogP contribution in [0.5, 0.6) is 0 Å². The first-order chi connectivity index (χ1) is 20.2. The first-order valence-electron chi connectivity index (χ1n) is 14.0. The highest BCUT2D eigenvalue weighted by Crippen LogP contribution is 2.63. The van der Waals surface area contributed by atoms with Crippen LogP contribution in [0.25, 0.3) is 38.8 Å². The predicted molar refractivity (Wildman–Crippen MR) is 166 cm³/mol. The molecule has 1 atom stereocenters. The summed E-state index contributed by atoms with van der Waals surface area (Å²) >= 11 is 1.85. The Morgan fingerprint density at radius 1 is 0.805 bits per heavy atom. The average Bonchev–Trinajstić information content (AvgIpc) is 3.68. The largest absolute Gasteiger partial charge is 0.462 e. The van der Waals surface area contributed by atoms with Crippen molar-refractivity contribution < 1.29 is 4.42 Å². The van der Waals surface area contributed by atoms with Crippen molar-refractivity contribution in [2.24, 2.45) is 0 Å². The van der Waals surface area contributed by atoms with Crippen LogP contribution in [0.15, 0.2) is 124 Å². The summed E-state index contributed by atoms with van der Waals surface area (Å²) < 4.78 is 8.23. The second kappa shape index (κ2) is 8.15. The van der Waals surface area contributed by atoms with Gasteiger partial charge in [-0.15, -0.1) is 0 Å². The van der Waals surface area contributed by atoms with Crippen molar-refractivity contribution in [3.8, 4) is 16.8 Å². The first-order valence-corrected chi connectivity index (χ1v) is 14.8. The SMILES string of the molecule is CCc1nc2ccccc2n1-c1ccc2c(c1)C1(c3ccccc3S2)c2ccccc2-c2c1ccc1occ(N)c21. The van der Waals surface area contributed by atoms with Crippen molar-refractivity contribution in [3.05, 3.63) is 137 Å². The summed E-state index contributed by atoms with van der Waals surface area (Å²) in [6.07, 6.45) is 2.52. The van der Waals surface area contributed by atoms with Gasteiger partial charge in [-0.2, -0.15) is 0 Å². The van der Waals surface area contributed by atoms with E-state index in [0.717, 1.165) is 39.9 Å². The topological polar surface area (TPSA) is 57.0 Å². The first kappa shape index (κ1) is 23.0. The van der Waals surface area contributed by atoms with Crippen molar-refractivity contribution in [2.75, 3.05) is 5.73 Å². The maximum absolute atomic E-state index is 6.58. The third kappa shape index (κ3) is 2.84. The molecule has 5 heteroatoms. The van der Waals surface area contributed by atoms with Gasteiger partial charge in [0, 0.05) is 21.9 Å². The second-order valence-electron chi connectivity index (χ2n) is 10.8. The maximum Gasteiger partial charge on any atom is 0.136 e. The van der Waals surface area contributed by atoms with Gasteiger partial charge >= 0.3 is 0 Å². The molecule has 4 nitrogen and oxygen atoms in total. The summed E-state index contributed by atoms with van der Waals surface area (Å²) in [6.45, 7) is 2.17. The van der Waals surface area contributed by atoms with Crippen molar-refractivity contribution in [1.29, 1.82) is 0 Å². The molecule has 1 spiro atoms. The van der Waals surface area contributed by atoms with Crippen LogP contribution in [0.3, 0.4) is 0 Å². The average molecular weight is 548 g/mol. The maximum atomic E-state index is 6.58. The fourth-order valence-corrected chi connectivity index (χ4v) is 8.44. The number of para-hydroxylation sites is 2. The number of furan rings is 1. The van der Waals surface area contributed by atoms with Crippen molar-refractivity contribution in [2.45, 2.75) is 28.6 Å². The minimum Gasteiger partial charge on any atom is -0.462 e. The molecule has 0 bridgehead atoms. The van der Waals surface area contributed by atoms with E-state index in [9.17, 15) is 0 Å². The molecule has 2 aliphatic rings. The molecule has 0 fully saturated rings. The number of nitrogen functional groups attached to an aromatic ring is 1. The number of rotatable bonds is 2. The lowest BCUT2D eigenvalue weighted by Gasteiger charge is -2.40. The Morgan fingerprint density at radius 2 is 1.59 bits per heavy atom. The van der Waals surface area contributed by atoms with Gasteiger partial charge in [0.1, 0.15) is 17.7 Å². The van der Waals surface area contributed by atoms with Crippen molar-refractivity contribution in [3.63, 3.8) is 0 Å². The molecule has 41 heavy (non-hydrogen) atoms. The Bertz CT molecular complexity index is 2210. The number of benzene rings is 5. The molecule has 1 unspecified atom stereocenters. The van der Waals surface area contributed by atoms with Gasteiger partial charge in [0.2, 0.25) is 0 Å². The predicted octanol–water partition coefficient (Wildman–Crippen LogP) is 8.74. The van der Waals surface area contributed by atoms with E-state index in [1.165, 1.54) is 43.2 Å². The number of hydrogen-bond acceptors (Lipinski definition) is 4. The van der Waals surface area contributed by atoms with Crippen LogP contribution in [0.4, 0.5) is 5.69 Å². The summed E-state index contributed by atoms with van der Waals surface area (Å²) in [6, 6.07) is 37.4. The standard InChI is InChI=1S/C36H25N3OS/c1-2-33-38-28-12-6-7-13-29(28)39(33)21-15-18-32-26(19-21)36(24-11-5-8-14-31(24)41-32)23-10-4-3-9-22(23)34-25(36)16-17-30-35(34)27(37)20-40-30/h3-20H,2,37H2,1H3. The third-order valence-electron chi connectivity index (χ3n) is 8.86. The Balaban J connectivity index is 1.44. The highest BCUT2D eigenvalue weighted by Gasteiger charge is 2.51. The fraction of sp³-hybridized carbons (Fsp3) is 0.0833. The second-order valence-corrected chi connectivity index (χ2v) is 11.9. The van der Waals surface area contributed by atoms with E-state index in [1.54, 1.807) is 6.26 Å². The highest BCUT2D eigenvalue weighted by molar-refractivity contribution is 7.99. The van der Waals surface area contributed by atoms with Gasteiger partial charge in [0.15, 0.2) is 0 Å². The van der Waals surface area contributed by atoms with Crippen LogP contribution in [-0.4, -0.2) is 9.55 Å². The number of nitrogens with zero attached hydrogens (tertiary/aromatic N) is 2. The summed E-state index contributed by atoms with van der Waals surface area (Å²) in [5.74, 6) is 1.06. The molecule has 0 saturated heterocycles. The molecule has 196 valence electrons. The Morgan fingerprint density at radius 3 is 2.49 bits per heavy atom. The van der Waals surface area contributed by atoms with E-state index in [2.05, 4.69) is 115 Å². The lowest BCUT2D eigenvalue weighted by Crippen LogP contribution is -2.32. The Kier molecular flexibility index (Phi) is 4.57. The summed E-state index contributed by atoms with van der Waals surface area (Å²) in [7, 11) is 0. The molecule has 7 aromatic rings. The minimum absolute atomic E-state index is 0.500. The quantitative estimate of drug-likeness (QED) is 0.235. The monoisotopic (exact) mass is 547 g/mol. The molecule has 0 saturated carbocycles. The van der Waals surface area contributed by atoms with Gasteiger partial charge in [-0.1, -0.05) is 79.3 Å². The molecular formula is C36H25N3OS. The zero-order chi connectivity index (χ0) is 27.3. The normalized spacial score (nSPS) is 16.6. The van der Waals surface area contributed by atoms with Gasteiger partial charge in [-0.25, -0.2) is 4.98 Å². The molecule has 9 rings (SSSR count). The van der Waals surface area contributed by atoms with Gasteiger partial charge in [0.05, 0.1) is 27.5 Å². The molecule has 1 aliphatic carbocycles. The molecule has 3 heterocycles. The summed E-state index contributed by atoms with van der Waals surface area (Å²) in [5, 5.41) is 0.995. The van der Waals surface area contributed by atoms with Gasteiger partial charge in [0.25, 0.3) is 0 Å². The molecule has 0 amide bonds. The van der Waals surface area contributed by atoms with Gasteiger partial charge < -0.3 is 10.2 Å². The van der Waals surface area contributed by atoms with E-state index in [4.69, 9.17) is 15.1 Å². The van der Waals surface area contributed by atoms with Crippen molar-refractivity contribution >= 4 is 39.5 Å². The number of aromatic nitrogens is 2. The van der Waals surface area contributed by atoms with Gasteiger partial charge in [-0.3, -0.25) is 4.57 Å².